The summed E-state index contributed by atoms with van der Waals surface area (Å²) < 4.78 is 0.663. The predicted octanol–water partition coefficient (Wildman–Crippen LogP) is 2.45. The fourth-order valence-electron chi connectivity index (χ4n) is 2.66. The van der Waals surface area contributed by atoms with E-state index in [1.807, 2.05) is 0 Å². The second-order valence-corrected chi connectivity index (χ2v) is 6.18. The third-order valence-electron chi connectivity index (χ3n) is 3.41. The first-order chi connectivity index (χ1) is 7.72. The van der Waals surface area contributed by atoms with Gasteiger partial charge in [0.15, 0.2) is 0 Å². The Morgan fingerprint density at radius 1 is 1.47 bits per heavy atom. The Morgan fingerprint density at radius 2 is 2.29 bits per heavy atom. The maximum Gasteiger partial charge on any atom is 0.261 e. The minimum Gasteiger partial charge on any atom is -0.347 e. The lowest BCUT2D eigenvalue weighted by atomic mass is 9.95. The van der Waals surface area contributed by atoms with E-state index in [1.54, 1.807) is 12.1 Å². The molecule has 3 rings (SSSR count). The van der Waals surface area contributed by atoms with Gasteiger partial charge in [-0.05, 0) is 31.4 Å². The fourth-order valence-corrected chi connectivity index (χ4v) is 3.61. The Kier molecular flexibility index (Phi) is 3.98. The van der Waals surface area contributed by atoms with E-state index in [1.165, 1.54) is 24.2 Å². The number of hydrogen-bond donors (Lipinski definition) is 2. The molecule has 0 spiro atoms. The van der Waals surface area contributed by atoms with Gasteiger partial charge in [0, 0.05) is 18.1 Å². The van der Waals surface area contributed by atoms with E-state index in [-0.39, 0.29) is 18.3 Å². The van der Waals surface area contributed by atoms with Gasteiger partial charge < -0.3 is 10.6 Å². The Labute approximate surface area is 115 Å². The zero-order chi connectivity index (χ0) is 11.1. The van der Waals surface area contributed by atoms with Crippen LogP contribution < -0.4 is 10.6 Å². The van der Waals surface area contributed by atoms with Crippen LogP contribution in [0.4, 0.5) is 0 Å². The van der Waals surface area contributed by atoms with Crippen molar-refractivity contribution < 1.29 is 4.79 Å². The molecule has 1 amide bonds. The van der Waals surface area contributed by atoms with E-state index >= 15 is 0 Å². The summed E-state index contributed by atoms with van der Waals surface area (Å²) in [5.41, 5.74) is 0. The van der Waals surface area contributed by atoms with Gasteiger partial charge in [0.1, 0.15) is 0 Å². The first-order valence-electron chi connectivity index (χ1n) is 5.54. The third-order valence-corrected chi connectivity index (χ3v) is 4.64. The van der Waals surface area contributed by atoms with Crippen LogP contribution in [-0.2, 0) is 0 Å². The van der Waals surface area contributed by atoms with Crippen molar-refractivity contribution in [2.24, 2.45) is 0 Å². The highest BCUT2D eigenvalue weighted by molar-refractivity contribution is 7.17. The van der Waals surface area contributed by atoms with Crippen molar-refractivity contribution in [2.75, 3.05) is 0 Å². The Morgan fingerprint density at radius 3 is 2.82 bits per heavy atom. The highest BCUT2D eigenvalue weighted by atomic mass is 35.5. The molecule has 2 saturated heterocycles. The number of hydrogen-bond acceptors (Lipinski definition) is 3. The van der Waals surface area contributed by atoms with Crippen LogP contribution in [0.2, 0.25) is 4.34 Å². The number of amides is 1. The maximum atomic E-state index is 11.9. The summed E-state index contributed by atoms with van der Waals surface area (Å²) in [5.74, 6) is 0.0104. The lowest BCUT2D eigenvalue weighted by Gasteiger charge is -2.20. The maximum absolute atomic E-state index is 11.9. The summed E-state index contributed by atoms with van der Waals surface area (Å²) in [6.45, 7) is 0. The molecule has 2 aliphatic rings. The molecule has 2 fully saturated rings. The minimum atomic E-state index is 0. The second kappa shape index (κ2) is 5.14. The van der Waals surface area contributed by atoms with E-state index in [0.29, 0.717) is 27.3 Å². The van der Waals surface area contributed by atoms with Crippen LogP contribution in [0.25, 0.3) is 0 Å². The van der Waals surface area contributed by atoms with Crippen molar-refractivity contribution in [1.82, 2.24) is 10.6 Å². The SMILES string of the molecule is Cl.O=C(N[C@@H]1C[C@H]2CC[C@@H]1N2)c1ccc(Cl)s1. The number of carbonyl (C=O) groups is 1. The molecule has 0 saturated carbocycles. The van der Waals surface area contributed by atoms with Gasteiger partial charge in [-0.2, -0.15) is 0 Å². The van der Waals surface area contributed by atoms with Gasteiger partial charge in [-0.15, -0.1) is 23.7 Å². The molecule has 0 radical (unpaired) electrons. The molecule has 2 bridgehead atoms. The van der Waals surface area contributed by atoms with Crippen LogP contribution in [-0.4, -0.2) is 24.0 Å². The number of halogens is 2. The summed E-state index contributed by atoms with van der Waals surface area (Å²) >= 11 is 7.14. The molecule has 1 aromatic heterocycles. The number of fused-ring (bicyclic) bond motifs is 2. The van der Waals surface area contributed by atoms with Gasteiger partial charge >= 0.3 is 0 Å². The van der Waals surface area contributed by atoms with Gasteiger partial charge in [-0.1, -0.05) is 11.6 Å². The van der Waals surface area contributed by atoms with Crippen LogP contribution in [0.15, 0.2) is 12.1 Å². The topological polar surface area (TPSA) is 41.1 Å². The number of thiophene rings is 1. The van der Waals surface area contributed by atoms with Crippen LogP contribution >= 0.6 is 35.3 Å². The predicted molar refractivity (Wildman–Crippen MR) is 72.4 cm³/mol. The number of nitrogens with one attached hydrogen (secondary N) is 2. The molecule has 0 aromatic carbocycles. The quantitative estimate of drug-likeness (QED) is 0.879. The Bertz CT molecular complexity index is 423. The van der Waals surface area contributed by atoms with Crippen LogP contribution in [0.5, 0.6) is 0 Å². The van der Waals surface area contributed by atoms with Crippen molar-refractivity contribution in [1.29, 1.82) is 0 Å². The average Bonchev–Trinajstić information content (AvgIpc) is 2.92. The molecule has 3 atom stereocenters. The van der Waals surface area contributed by atoms with Crippen molar-refractivity contribution in [3.8, 4) is 0 Å². The van der Waals surface area contributed by atoms with E-state index in [2.05, 4.69) is 10.6 Å². The Balaban J connectivity index is 0.00000108. The van der Waals surface area contributed by atoms with Crippen molar-refractivity contribution in [3.05, 3.63) is 21.3 Å². The van der Waals surface area contributed by atoms with Crippen LogP contribution in [0.1, 0.15) is 28.9 Å². The molecule has 1 aromatic rings. The van der Waals surface area contributed by atoms with E-state index in [4.69, 9.17) is 11.6 Å². The molecule has 3 heterocycles. The van der Waals surface area contributed by atoms with Gasteiger partial charge in [-0.25, -0.2) is 0 Å². The summed E-state index contributed by atoms with van der Waals surface area (Å²) in [5, 5.41) is 6.59. The summed E-state index contributed by atoms with van der Waals surface area (Å²) in [7, 11) is 0. The molecular formula is C11H14Cl2N2OS. The minimum absolute atomic E-state index is 0. The van der Waals surface area contributed by atoms with E-state index in [9.17, 15) is 4.79 Å². The lowest BCUT2D eigenvalue weighted by Crippen LogP contribution is -2.42. The third kappa shape index (κ3) is 2.60. The smallest absolute Gasteiger partial charge is 0.261 e. The molecule has 3 nitrogen and oxygen atoms in total. The van der Waals surface area contributed by atoms with Crippen LogP contribution in [0, 0.1) is 0 Å². The summed E-state index contributed by atoms with van der Waals surface area (Å²) in [4.78, 5) is 12.6. The largest absolute Gasteiger partial charge is 0.347 e. The first-order valence-corrected chi connectivity index (χ1v) is 6.74. The highest BCUT2D eigenvalue weighted by Gasteiger charge is 2.39. The van der Waals surface area contributed by atoms with E-state index in [0.717, 1.165) is 6.42 Å². The van der Waals surface area contributed by atoms with Gasteiger partial charge in [0.05, 0.1) is 9.21 Å². The number of carbonyl (C=O) groups excluding carboxylic acids is 1. The molecular weight excluding hydrogens is 279 g/mol. The van der Waals surface area contributed by atoms with Crippen molar-refractivity contribution in [2.45, 2.75) is 37.4 Å². The summed E-state index contributed by atoms with van der Waals surface area (Å²) in [6, 6.07) is 4.93. The highest BCUT2D eigenvalue weighted by Crippen LogP contribution is 2.29. The zero-order valence-electron chi connectivity index (χ0n) is 9.11. The average molecular weight is 293 g/mol. The normalized spacial score (nSPS) is 30.1. The lowest BCUT2D eigenvalue weighted by molar-refractivity contribution is 0.0935. The second-order valence-electron chi connectivity index (χ2n) is 4.47. The van der Waals surface area contributed by atoms with Crippen molar-refractivity contribution >= 4 is 41.3 Å². The monoisotopic (exact) mass is 292 g/mol. The molecule has 94 valence electrons. The molecule has 2 N–H and O–H groups in total. The zero-order valence-corrected chi connectivity index (χ0v) is 11.5. The molecule has 0 aliphatic carbocycles. The van der Waals surface area contributed by atoms with Gasteiger partial charge in [0.2, 0.25) is 0 Å². The van der Waals surface area contributed by atoms with E-state index < -0.39 is 0 Å². The van der Waals surface area contributed by atoms with Gasteiger partial charge in [0.25, 0.3) is 5.91 Å². The first kappa shape index (κ1) is 13.1. The molecule has 17 heavy (non-hydrogen) atoms. The van der Waals surface area contributed by atoms with Gasteiger partial charge in [-0.3, -0.25) is 4.79 Å². The molecule has 2 aliphatic heterocycles. The fraction of sp³-hybridized carbons (Fsp3) is 0.545. The van der Waals surface area contributed by atoms with Crippen molar-refractivity contribution in [3.63, 3.8) is 0 Å². The molecule has 6 heteroatoms. The number of rotatable bonds is 2. The summed E-state index contributed by atoms with van der Waals surface area (Å²) in [6.07, 6.45) is 3.50. The van der Waals surface area contributed by atoms with Crippen LogP contribution in [0.3, 0.4) is 0 Å². The molecule has 0 unspecified atom stereocenters. The standard InChI is InChI=1S/C11H13ClN2OS.ClH/c12-10-4-3-9(16-10)11(15)14-8-5-6-1-2-7(8)13-6;/h3-4,6-8,13H,1-2,5H2,(H,14,15);1H/t6-,7+,8-;/m1./s1. The Hall–Kier alpha value is -0.290.